The van der Waals surface area contributed by atoms with Crippen molar-refractivity contribution in [3.63, 3.8) is 0 Å². The third-order valence-electron chi connectivity index (χ3n) is 16.5. The van der Waals surface area contributed by atoms with Gasteiger partial charge in [-0.1, -0.05) is 0 Å². The quantitative estimate of drug-likeness (QED) is 0.110. The van der Waals surface area contributed by atoms with Crippen molar-refractivity contribution in [1.29, 1.82) is 0 Å². The highest BCUT2D eigenvalue weighted by Crippen LogP contribution is 2.41. The van der Waals surface area contributed by atoms with Crippen LogP contribution in [-0.2, 0) is 42.2 Å². The molecule has 3 aliphatic heterocycles. The number of amides is 2. The van der Waals surface area contributed by atoms with Gasteiger partial charge in [-0.2, -0.15) is 4.98 Å². The molecule has 2 aliphatic carbocycles. The minimum Gasteiger partial charge on any atom is -0.494 e. The van der Waals surface area contributed by atoms with E-state index in [4.69, 9.17) is 44.6 Å². The van der Waals surface area contributed by atoms with Crippen molar-refractivity contribution in [3.8, 4) is 40.4 Å². The van der Waals surface area contributed by atoms with E-state index in [0.717, 1.165) is 89.1 Å². The molecular weight excluding hydrogens is 997 g/mol. The van der Waals surface area contributed by atoms with Gasteiger partial charge in [0.05, 0.1) is 62.0 Å². The summed E-state index contributed by atoms with van der Waals surface area (Å²) in [5, 5.41) is 5.60. The van der Waals surface area contributed by atoms with Crippen LogP contribution in [0.4, 0.5) is 0 Å². The van der Waals surface area contributed by atoms with E-state index >= 15 is 0 Å². The maximum absolute atomic E-state index is 14.8. The van der Waals surface area contributed by atoms with E-state index in [9.17, 15) is 13.8 Å². The van der Waals surface area contributed by atoms with Gasteiger partial charge in [-0.3, -0.25) is 13.8 Å². The number of hydrogen-bond acceptors (Lipinski definition) is 13. The first-order chi connectivity index (χ1) is 37.5. The summed E-state index contributed by atoms with van der Waals surface area (Å²) in [6.45, 7) is 5.60. The number of methoxy groups -OCH3 is 2. The van der Waals surface area contributed by atoms with Crippen molar-refractivity contribution in [2.24, 2.45) is 30.5 Å². The Hall–Kier alpha value is -6.87. The molecule has 5 fully saturated rings. The molecule has 19 nitrogen and oxygen atoms in total. The zero-order valence-corrected chi connectivity index (χ0v) is 45.0. The van der Waals surface area contributed by atoms with Gasteiger partial charge in [-0.15, -0.1) is 0 Å². The van der Waals surface area contributed by atoms with Crippen LogP contribution < -0.4 is 25.3 Å². The van der Waals surface area contributed by atoms with E-state index in [1.165, 1.54) is 12.8 Å². The van der Waals surface area contributed by atoms with Crippen LogP contribution in [0.15, 0.2) is 66.9 Å². The molecule has 2 aromatic carbocycles. The van der Waals surface area contributed by atoms with Crippen molar-refractivity contribution >= 4 is 66.7 Å². The lowest BCUT2D eigenvalue weighted by Gasteiger charge is -2.47. The number of imidazole rings is 2. The van der Waals surface area contributed by atoms with Crippen molar-refractivity contribution in [1.82, 2.24) is 53.3 Å². The molecule has 2 saturated carbocycles. The summed E-state index contributed by atoms with van der Waals surface area (Å²) in [7, 11) is 4.17. The molecule has 3 saturated heterocycles. The summed E-state index contributed by atoms with van der Waals surface area (Å²) >= 11 is 0. The van der Waals surface area contributed by atoms with Crippen LogP contribution in [0.25, 0.3) is 67.2 Å². The number of nitrogens with two attached hydrogens (primary N) is 1. The van der Waals surface area contributed by atoms with Gasteiger partial charge in [0.15, 0.2) is 11.6 Å². The monoisotopic (exact) mass is 1060 g/mol. The Labute approximate surface area is 448 Å². The van der Waals surface area contributed by atoms with E-state index < -0.39 is 10.8 Å². The minimum absolute atomic E-state index is 0.0546. The zero-order chi connectivity index (χ0) is 52.6. The summed E-state index contributed by atoms with van der Waals surface area (Å²) < 4.78 is 46.5. The molecule has 2 amide bonds. The Morgan fingerprint density at radius 1 is 0.792 bits per heavy atom. The van der Waals surface area contributed by atoms with Gasteiger partial charge in [0.1, 0.15) is 33.8 Å². The third-order valence-corrected chi connectivity index (χ3v) is 17.2. The topological polar surface area (TPSA) is 204 Å². The maximum Gasteiger partial charge on any atom is 0.254 e. The number of aromatic nitrogens is 8. The van der Waals surface area contributed by atoms with Crippen LogP contribution in [0, 0.1) is 17.8 Å². The predicted octanol–water partition coefficient (Wildman–Crippen LogP) is 6.24. The molecule has 13 rings (SSSR count). The number of rotatable bonds is 16. The van der Waals surface area contributed by atoms with Gasteiger partial charge in [0, 0.05) is 128 Å². The first-order valence-electron chi connectivity index (χ1n) is 27.2. The molecule has 0 radical (unpaired) electrons. The molecule has 5 aliphatic rings. The van der Waals surface area contributed by atoms with E-state index in [1.54, 1.807) is 26.5 Å². The molecule has 8 aromatic rings. The number of ether oxygens (including phenoxy) is 4. The first-order valence-corrected chi connectivity index (χ1v) is 28.9. The van der Waals surface area contributed by atoms with E-state index in [2.05, 4.69) is 41.8 Å². The van der Waals surface area contributed by atoms with Crippen LogP contribution >= 0.6 is 0 Å². The number of nitrogens with one attached hydrogen (secondary N) is 1. The van der Waals surface area contributed by atoms with Gasteiger partial charge in [-0.05, 0) is 105 Å². The van der Waals surface area contributed by atoms with Crippen LogP contribution in [-0.4, -0.2) is 154 Å². The number of likely N-dealkylation sites (tertiary alicyclic amines) is 1. The highest BCUT2D eigenvalue weighted by molar-refractivity contribution is 7.84. The Balaban J connectivity index is 0.769. The molecule has 5 atom stereocenters. The van der Waals surface area contributed by atoms with Crippen LogP contribution in [0.3, 0.4) is 0 Å². The van der Waals surface area contributed by atoms with Gasteiger partial charge < -0.3 is 58.1 Å². The second kappa shape index (κ2) is 20.2. The SMILES string of the molecule is COc1cc(C(=O)N2CCO[C@H]3C(COc4ccc5cc(-c6nc7cc(C(=O)N8CCC[C@@H](N)C8)cc(OC)c7n6CCS(C)=O)n(CC6CC6)c5n4)CNC[C@H]32)cc2nc(-c3cc4cccnc4n3CC3CC3)n(C)c12. The van der Waals surface area contributed by atoms with Crippen LogP contribution in [0.5, 0.6) is 17.4 Å². The number of aryl methyl sites for hydroxylation is 2. The highest BCUT2D eigenvalue weighted by Gasteiger charge is 2.43. The number of nitrogens with zero attached hydrogens (tertiary/aromatic N) is 10. The fourth-order valence-electron chi connectivity index (χ4n) is 12.2. The zero-order valence-electron chi connectivity index (χ0n) is 44.2. The number of piperidine rings is 2. The third kappa shape index (κ3) is 9.29. The second-order valence-electron chi connectivity index (χ2n) is 21.9. The van der Waals surface area contributed by atoms with E-state index in [-0.39, 0.29) is 35.9 Å². The highest BCUT2D eigenvalue weighted by atomic mass is 32.2. The standard InChI is InChI=1S/C57H66N12O7S/c1-64-49-41(61-54(64)43-23-35-7-5-15-60-52(35)68(43)29-33-9-10-33)22-38(26-46(49)73-2)57(71)66-17-19-75-51-39(27-59-28-45(51)66)32-76-48-14-13-36-24-44(69(53(36)63-48)30-34-11-12-34)55-62-42-21-37(56(70)65-16-6-8-40(58)31-65)25-47(74-3)50(42)67(55)18-20-77(4)72/h5,7,13-15,21-26,33-34,39-40,45,51,59H,6,8-12,16-20,27-32,58H2,1-4H3/t39?,40-,45-,51+,77?/m1/s1. The fraction of sp³-hybridized carbons (Fsp3) is 0.474. The summed E-state index contributed by atoms with van der Waals surface area (Å²) in [4.78, 5) is 52.8. The smallest absolute Gasteiger partial charge is 0.254 e. The second-order valence-corrected chi connectivity index (χ2v) is 23.4. The van der Waals surface area contributed by atoms with Gasteiger partial charge in [0.25, 0.3) is 11.8 Å². The molecule has 20 heteroatoms. The lowest BCUT2D eigenvalue weighted by Crippen LogP contribution is -2.64. The molecule has 2 unspecified atom stereocenters. The van der Waals surface area contributed by atoms with Crippen molar-refractivity contribution in [3.05, 3.63) is 78.0 Å². The number of pyridine rings is 2. The number of benzene rings is 2. The number of fused-ring (bicyclic) bond motifs is 5. The lowest BCUT2D eigenvalue weighted by molar-refractivity contribution is -0.103. The normalized spacial score (nSPS) is 21.3. The Bertz CT molecular complexity index is 3630. The number of carbonyl (C=O) groups excluding carboxylic acids is 2. The maximum atomic E-state index is 14.8. The molecule has 77 heavy (non-hydrogen) atoms. The summed E-state index contributed by atoms with van der Waals surface area (Å²) in [5.74, 6) is 4.33. The largest absolute Gasteiger partial charge is 0.494 e. The number of hydrogen-bond donors (Lipinski definition) is 2. The van der Waals surface area contributed by atoms with E-state index in [1.807, 2.05) is 59.4 Å². The Morgan fingerprint density at radius 3 is 2.21 bits per heavy atom. The van der Waals surface area contributed by atoms with Gasteiger partial charge in [0.2, 0.25) is 5.88 Å². The average Bonchev–Trinajstić information content (AvgIpc) is 4.35. The summed E-state index contributed by atoms with van der Waals surface area (Å²) in [6, 6.07) is 19.4. The van der Waals surface area contributed by atoms with E-state index in [0.29, 0.717) is 115 Å². The minimum atomic E-state index is -1.08. The number of morpholine rings is 1. The number of carbonyl (C=O) groups is 2. The first kappa shape index (κ1) is 49.7. The molecule has 6 aromatic heterocycles. The van der Waals surface area contributed by atoms with Crippen molar-refractivity contribution in [2.75, 3.05) is 72.2 Å². The summed E-state index contributed by atoms with van der Waals surface area (Å²) in [5.41, 5.74) is 13.8. The van der Waals surface area contributed by atoms with Gasteiger partial charge >= 0.3 is 0 Å². The predicted molar refractivity (Wildman–Crippen MR) is 295 cm³/mol. The molecule has 9 heterocycles. The summed E-state index contributed by atoms with van der Waals surface area (Å²) in [6.07, 6.45) is 9.70. The van der Waals surface area contributed by atoms with Crippen LogP contribution in [0.2, 0.25) is 0 Å². The molecule has 3 N–H and O–H groups in total. The molecule has 402 valence electrons. The van der Waals surface area contributed by atoms with Crippen molar-refractivity contribution in [2.45, 2.75) is 76.3 Å². The Kier molecular flexibility index (Phi) is 13.0. The van der Waals surface area contributed by atoms with Crippen molar-refractivity contribution < 1.29 is 32.7 Å². The molecular formula is C57H66N12O7S. The van der Waals surface area contributed by atoms with Gasteiger partial charge in [-0.25, -0.2) is 15.0 Å². The fourth-order valence-corrected chi connectivity index (χ4v) is 12.6. The van der Waals surface area contributed by atoms with Crippen LogP contribution in [0.1, 0.15) is 59.2 Å². The lowest BCUT2D eigenvalue weighted by atomic mass is 9.90. The Morgan fingerprint density at radius 2 is 1.48 bits per heavy atom. The molecule has 0 bridgehead atoms. The molecule has 0 spiro atoms. The average molecular weight is 1060 g/mol.